The number of pyridine rings is 1. The fourth-order valence-corrected chi connectivity index (χ4v) is 2.93. The second-order valence-corrected chi connectivity index (χ2v) is 6.41. The first kappa shape index (κ1) is 17.0. The Labute approximate surface area is 157 Å². The second kappa shape index (κ2) is 7.41. The zero-order chi connectivity index (χ0) is 18.6. The fourth-order valence-electron chi connectivity index (χ4n) is 2.93. The molecule has 0 spiro atoms. The molecule has 2 aromatic heterocycles. The molecule has 3 heterocycles. The van der Waals surface area contributed by atoms with Gasteiger partial charge < -0.3 is 5.32 Å². The highest BCUT2D eigenvalue weighted by atomic mass is 16.1. The van der Waals surface area contributed by atoms with Gasteiger partial charge in [0, 0.05) is 49.4 Å². The minimum atomic E-state index is -0.111. The molecule has 7 heteroatoms. The van der Waals surface area contributed by atoms with E-state index in [1.54, 1.807) is 17.1 Å². The molecule has 0 aliphatic carbocycles. The number of carbonyl (C=O) groups excluding carboxylic acids is 1. The molecule has 0 fully saturated rings. The zero-order valence-corrected chi connectivity index (χ0v) is 15.0. The summed E-state index contributed by atoms with van der Waals surface area (Å²) in [4.78, 5) is 16.7. The topological polar surface area (TPSA) is 75.4 Å². The van der Waals surface area contributed by atoms with Crippen LogP contribution in [0.2, 0.25) is 0 Å². The van der Waals surface area contributed by atoms with Gasteiger partial charge in [0.05, 0.1) is 5.69 Å². The summed E-state index contributed by atoms with van der Waals surface area (Å²) in [5.74, 6) is 0.609. The van der Waals surface area contributed by atoms with Gasteiger partial charge in [0.2, 0.25) is 0 Å². The monoisotopic (exact) mass is 360 g/mol. The molecule has 1 aliphatic rings. The van der Waals surface area contributed by atoms with Crippen LogP contribution in [0.15, 0.2) is 66.2 Å². The molecule has 1 amide bonds. The van der Waals surface area contributed by atoms with E-state index in [0.717, 1.165) is 35.7 Å². The number of hydrogen-bond donors (Lipinski definition) is 1. The van der Waals surface area contributed by atoms with Crippen molar-refractivity contribution in [3.8, 4) is 5.82 Å². The first-order chi connectivity index (χ1) is 13.2. The van der Waals surface area contributed by atoms with E-state index >= 15 is 0 Å². The van der Waals surface area contributed by atoms with Crippen molar-refractivity contribution in [1.29, 1.82) is 0 Å². The maximum Gasteiger partial charge on any atom is 0.251 e. The molecule has 1 aliphatic heterocycles. The van der Waals surface area contributed by atoms with Gasteiger partial charge in [0.1, 0.15) is 0 Å². The standard InChI is InChI=1S/C20H20N6O/c1-15-8-12-25(24-15)18-5-3-17(4-6-18)20(27)22-14-16-7-10-21-19(13-16)26-11-2-9-23-26/h2-7,9-11,13H,8,12,14H2,1H3,(H,22,27). The Bertz CT molecular complexity index is 962. The van der Waals surface area contributed by atoms with Crippen molar-refractivity contribution in [1.82, 2.24) is 20.1 Å². The lowest BCUT2D eigenvalue weighted by Crippen LogP contribution is -2.23. The van der Waals surface area contributed by atoms with Crippen LogP contribution < -0.4 is 10.3 Å². The van der Waals surface area contributed by atoms with Gasteiger partial charge >= 0.3 is 0 Å². The predicted molar refractivity (Wildman–Crippen MR) is 104 cm³/mol. The van der Waals surface area contributed by atoms with Crippen LogP contribution in [-0.4, -0.2) is 32.9 Å². The summed E-state index contributed by atoms with van der Waals surface area (Å²) in [6.07, 6.45) is 6.23. The molecular weight excluding hydrogens is 340 g/mol. The highest BCUT2D eigenvalue weighted by Gasteiger charge is 2.13. The van der Waals surface area contributed by atoms with Crippen molar-refractivity contribution in [3.63, 3.8) is 0 Å². The molecule has 0 unspecified atom stereocenters. The van der Waals surface area contributed by atoms with Crippen molar-refractivity contribution in [2.75, 3.05) is 11.6 Å². The van der Waals surface area contributed by atoms with Crippen molar-refractivity contribution in [2.45, 2.75) is 19.9 Å². The quantitative estimate of drug-likeness (QED) is 0.759. The van der Waals surface area contributed by atoms with Crippen LogP contribution >= 0.6 is 0 Å². The van der Waals surface area contributed by atoms with Crippen LogP contribution in [0.25, 0.3) is 5.82 Å². The van der Waals surface area contributed by atoms with E-state index < -0.39 is 0 Å². The largest absolute Gasteiger partial charge is 0.348 e. The van der Waals surface area contributed by atoms with E-state index in [1.165, 1.54) is 0 Å². The van der Waals surface area contributed by atoms with E-state index in [0.29, 0.717) is 12.1 Å². The molecule has 4 rings (SSSR count). The summed E-state index contributed by atoms with van der Waals surface area (Å²) < 4.78 is 1.69. The van der Waals surface area contributed by atoms with Gasteiger partial charge in [-0.2, -0.15) is 10.2 Å². The Morgan fingerprint density at radius 3 is 2.74 bits per heavy atom. The van der Waals surface area contributed by atoms with Crippen molar-refractivity contribution < 1.29 is 4.79 Å². The van der Waals surface area contributed by atoms with Crippen molar-refractivity contribution >= 4 is 17.3 Å². The Morgan fingerprint density at radius 1 is 1.19 bits per heavy atom. The number of amides is 1. The van der Waals surface area contributed by atoms with Gasteiger partial charge in [-0.25, -0.2) is 9.67 Å². The summed E-state index contributed by atoms with van der Waals surface area (Å²) in [6.45, 7) is 3.34. The van der Waals surface area contributed by atoms with E-state index in [2.05, 4.69) is 20.5 Å². The molecule has 3 aromatic rings. The number of nitrogens with one attached hydrogen (secondary N) is 1. The third-order valence-electron chi connectivity index (χ3n) is 4.41. The maximum absolute atomic E-state index is 12.4. The summed E-state index contributed by atoms with van der Waals surface area (Å²) in [5.41, 5.74) is 3.72. The highest BCUT2D eigenvalue weighted by Crippen LogP contribution is 2.20. The molecule has 0 saturated carbocycles. The average Bonchev–Trinajstić information content (AvgIpc) is 3.38. The first-order valence-electron chi connectivity index (χ1n) is 8.84. The summed E-state index contributed by atoms with van der Waals surface area (Å²) >= 11 is 0. The number of benzene rings is 1. The third-order valence-corrected chi connectivity index (χ3v) is 4.41. The van der Waals surface area contributed by atoms with E-state index in [4.69, 9.17) is 0 Å². The van der Waals surface area contributed by atoms with Gasteiger partial charge in [-0.1, -0.05) is 0 Å². The molecular formula is C20H20N6O. The lowest BCUT2D eigenvalue weighted by atomic mass is 10.2. The van der Waals surface area contributed by atoms with Gasteiger partial charge in [-0.15, -0.1) is 0 Å². The fraction of sp³-hybridized carbons (Fsp3) is 0.200. The average molecular weight is 360 g/mol. The zero-order valence-electron chi connectivity index (χ0n) is 15.0. The van der Waals surface area contributed by atoms with Crippen LogP contribution in [-0.2, 0) is 6.54 Å². The maximum atomic E-state index is 12.4. The first-order valence-corrected chi connectivity index (χ1v) is 8.84. The molecule has 0 saturated heterocycles. The summed E-state index contributed by atoms with van der Waals surface area (Å²) in [6, 6.07) is 13.1. The Balaban J connectivity index is 1.39. The van der Waals surface area contributed by atoms with Gasteiger partial charge in [0.25, 0.3) is 5.91 Å². The lowest BCUT2D eigenvalue weighted by Gasteiger charge is -2.14. The third kappa shape index (κ3) is 3.87. The van der Waals surface area contributed by atoms with E-state index in [9.17, 15) is 4.79 Å². The summed E-state index contributed by atoms with van der Waals surface area (Å²) in [7, 11) is 0. The predicted octanol–water partition coefficient (Wildman–Crippen LogP) is 2.78. The van der Waals surface area contributed by atoms with Crippen LogP contribution in [0.5, 0.6) is 0 Å². The highest BCUT2D eigenvalue weighted by molar-refractivity contribution is 5.94. The normalized spacial score (nSPS) is 13.5. The number of hydrogen-bond acceptors (Lipinski definition) is 5. The molecule has 1 aromatic carbocycles. The number of carbonyl (C=O) groups is 1. The lowest BCUT2D eigenvalue weighted by molar-refractivity contribution is 0.0951. The molecule has 7 nitrogen and oxygen atoms in total. The van der Waals surface area contributed by atoms with Gasteiger partial charge in [0.15, 0.2) is 5.82 Å². The number of rotatable bonds is 5. The smallest absolute Gasteiger partial charge is 0.251 e. The van der Waals surface area contributed by atoms with Crippen molar-refractivity contribution in [2.24, 2.45) is 5.10 Å². The molecule has 0 radical (unpaired) electrons. The summed E-state index contributed by atoms with van der Waals surface area (Å²) in [5, 5.41) is 13.6. The van der Waals surface area contributed by atoms with Crippen molar-refractivity contribution in [3.05, 3.63) is 72.2 Å². The van der Waals surface area contributed by atoms with Gasteiger partial charge in [-0.3, -0.25) is 9.80 Å². The van der Waals surface area contributed by atoms with E-state index in [1.807, 2.05) is 60.6 Å². The van der Waals surface area contributed by atoms with Gasteiger partial charge in [-0.05, 0) is 55.0 Å². The Hall–Kier alpha value is -3.48. The SMILES string of the molecule is CC1=NN(c2ccc(C(=O)NCc3ccnc(-n4cccn4)c3)cc2)CC1. The number of anilines is 1. The van der Waals surface area contributed by atoms with Crippen LogP contribution in [0.4, 0.5) is 5.69 Å². The van der Waals surface area contributed by atoms with E-state index in [-0.39, 0.29) is 5.91 Å². The number of nitrogens with zero attached hydrogens (tertiary/aromatic N) is 5. The van der Waals surface area contributed by atoms with Crippen LogP contribution in [0, 0.1) is 0 Å². The molecule has 0 bridgehead atoms. The number of aromatic nitrogens is 3. The minimum absolute atomic E-state index is 0.111. The second-order valence-electron chi connectivity index (χ2n) is 6.41. The van der Waals surface area contributed by atoms with Crippen LogP contribution in [0.1, 0.15) is 29.3 Å². The Morgan fingerprint density at radius 2 is 2.04 bits per heavy atom. The number of hydrazone groups is 1. The minimum Gasteiger partial charge on any atom is -0.348 e. The van der Waals surface area contributed by atoms with Crippen LogP contribution in [0.3, 0.4) is 0 Å². The molecule has 1 N–H and O–H groups in total. The molecule has 136 valence electrons. The molecule has 0 atom stereocenters. The Kier molecular flexibility index (Phi) is 4.65. The molecule has 27 heavy (non-hydrogen) atoms.